The molecule has 9 heteroatoms. The molecule has 2 unspecified atom stereocenters. The topological polar surface area (TPSA) is 117 Å². The van der Waals surface area contributed by atoms with Crippen molar-refractivity contribution in [3.8, 4) is 0 Å². The first-order chi connectivity index (χ1) is 12.6. The van der Waals surface area contributed by atoms with Crippen LogP contribution in [0.1, 0.15) is 51.6 Å². The van der Waals surface area contributed by atoms with Gasteiger partial charge in [-0.3, -0.25) is 4.79 Å². The van der Waals surface area contributed by atoms with Gasteiger partial charge in [0, 0.05) is 25.1 Å². The number of nitrogens with zero attached hydrogens (tertiary/aromatic N) is 4. The molecule has 0 spiro atoms. The summed E-state index contributed by atoms with van der Waals surface area (Å²) in [5.74, 6) is 1.56. The Balaban J connectivity index is 1.86. The van der Waals surface area contributed by atoms with Crippen LogP contribution in [0.4, 0.5) is 16.4 Å². The molecule has 0 saturated heterocycles. The van der Waals surface area contributed by atoms with E-state index in [9.17, 15) is 9.59 Å². The van der Waals surface area contributed by atoms with Gasteiger partial charge >= 0.3 is 6.09 Å². The molecule has 1 aliphatic rings. The number of primary amides is 1. The van der Waals surface area contributed by atoms with Crippen LogP contribution in [-0.4, -0.2) is 31.8 Å². The van der Waals surface area contributed by atoms with Crippen molar-refractivity contribution in [2.75, 3.05) is 5.32 Å². The summed E-state index contributed by atoms with van der Waals surface area (Å²) in [6, 6.07) is 5.11. The van der Waals surface area contributed by atoms with Crippen LogP contribution in [0.2, 0.25) is 0 Å². The quantitative estimate of drug-likeness (QED) is 0.847. The fraction of sp³-hybridized carbons (Fsp3) is 0.556. The van der Waals surface area contributed by atoms with E-state index in [1.54, 1.807) is 13.1 Å². The molecule has 0 aliphatic heterocycles. The van der Waals surface area contributed by atoms with E-state index >= 15 is 0 Å². The number of hydrogen-bond donors (Lipinski definition) is 2. The summed E-state index contributed by atoms with van der Waals surface area (Å²) in [5, 5.41) is 12.3. The zero-order valence-corrected chi connectivity index (χ0v) is 16.1. The number of hydrogen-bond acceptors (Lipinski definition) is 6. The zero-order valence-electron chi connectivity index (χ0n) is 16.1. The predicted molar refractivity (Wildman–Crippen MR) is 101 cm³/mol. The molecule has 9 nitrogen and oxygen atoms in total. The molecule has 1 saturated carbocycles. The largest absolute Gasteiger partial charge is 0.446 e. The fourth-order valence-electron chi connectivity index (χ4n) is 3.38. The lowest BCUT2D eigenvalue weighted by Crippen LogP contribution is -2.25. The second-order valence-corrected chi connectivity index (χ2v) is 7.91. The molecule has 3 N–H and O–H groups in total. The smallest absolute Gasteiger partial charge is 0.404 e. The molecule has 2 heterocycles. The SMILES string of the molecule is Cn1nc(Nc2cc(C3CCC(OC(N)=O)C3)nn2C(C)(C)C)ccc1=O. The number of nitrogens with two attached hydrogens (primary N) is 1. The van der Waals surface area contributed by atoms with Gasteiger partial charge < -0.3 is 15.8 Å². The molecular weight excluding hydrogens is 348 g/mol. The third kappa shape index (κ3) is 4.29. The molecule has 2 aromatic rings. The van der Waals surface area contributed by atoms with Gasteiger partial charge in [-0.1, -0.05) is 0 Å². The van der Waals surface area contributed by atoms with Gasteiger partial charge in [0.1, 0.15) is 11.9 Å². The lowest BCUT2D eigenvalue weighted by molar-refractivity contribution is 0.109. The molecule has 2 atom stereocenters. The summed E-state index contributed by atoms with van der Waals surface area (Å²) >= 11 is 0. The molecule has 0 bridgehead atoms. The highest BCUT2D eigenvalue weighted by molar-refractivity contribution is 5.64. The van der Waals surface area contributed by atoms with E-state index in [2.05, 4.69) is 31.2 Å². The average Bonchev–Trinajstić information content (AvgIpc) is 3.17. The van der Waals surface area contributed by atoms with E-state index in [0.29, 0.717) is 12.2 Å². The lowest BCUT2D eigenvalue weighted by atomic mass is 10.0. The Morgan fingerprint density at radius 1 is 1.30 bits per heavy atom. The van der Waals surface area contributed by atoms with Crippen LogP contribution in [0.5, 0.6) is 0 Å². The monoisotopic (exact) mass is 374 g/mol. The van der Waals surface area contributed by atoms with Gasteiger partial charge in [-0.05, 0) is 46.1 Å². The fourth-order valence-corrected chi connectivity index (χ4v) is 3.38. The van der Waals surface area contributed by atoms with Crippen molar-refractivity contribution in [3.63, 3.8) is 0 Å². The van der Waals surface area contributed by atoms with Gasteiger partial charge in [-0.2, -0.15) is 10.2 Å². The van der Waals surface area contributed by atoms with Crippen molar-refractivity contribution in [1.82, 2.24) is 19.6 Å². The number of nitrogens with one attached hydrogen (secondary N) is 1. The van der Waals surface area contributed by atoms with E-state index in [1.807, 2.05) is 10.7 Å². The Bertz CT molecular complexity index is 895. The number of rotatable bonds is 4. The van der Waals surface area contributed by atoms with Crippen molar-refractivity contribution in [1.29, 1.82) is 0 Å². The minimum absolute atomic E-state index is 0.158. The number of carbonyl (C=O) groups is 1. The van der Waals surface area contributed by atoms with Crippen LogP contribution in [-0.2, 0) is 17.3 Å². The maximum Gasteiger partial charge on any atom is 0.404 e. The molecule has 0 aromatic carbocycles. The zero-order chi connectivity index (χ0) is 19.8. The molecule has 146 valence electrons. The van der Waals surface area contributed by atoms with Crippen molar-refractivity contribution in [3.05, 3.63) is 34.2 Å². The molecule has 0 radical (unpaired) electrons. The third-order valence-electron chi connectivity index (χ3n) is 4.67. The Labute approximate surface area is 157 Å². The highest BCUT2D eigenvalue weighted by atomic mass is 16.6. The Morgan fingerprint density at radius 2 is 2.04 bits per heavy atom. The van der Waals surface area contributed by atoms with E-state index in [-0.39, 0.29) is 23.1 Å². The number of aryl methyl sites for hydroxylation is 1. The summed E-state index contributed by atoms with van der Waals surface area (Å²) in [4.78, 5) is 22.5. The lowest BCUT2D eigenvalue weighted by Gasteiger charge is -2.22. The van der Waals surface area contributed by atoms with Crippen LogP contribution in [0.25, 0.3) is 0 Å². The van der Waals surface area contributed by atoms with Crippen LogP contribution >= 0.6 is 0 Å². The first-order valence-corrected chi connectivity index (χ1v) is 9.01. The molecular formula is C18H26N6O3. The highest BCUT2D eigenvalue weighted by Crippen LogP contribution is 2.37. The van der Waals surface area contributed by atoms with Crippen LogP contribution in [0.3, 0.4) is 0 Å². The minimum atomic E-state index is -0.732. The molecule has 27 heavy (non-hydrogen) atoms. The molecule has 1 fully saturated rings. The second kappa shape index (κ2) is 7.05. The van der Waals surface area contributed by atoms with Gasteiger partial charge in [0.05, 0.1) is 11.2 Å². The van der Waals surface area contributed by atoms with E-state index in [0.717, 1.165) is 24.4 Å². The van der Waals surface area contributed by atoms with Crippen LogP contribution in [0.15, 0.2) is 23.0 Å². The van der Waals surface area contributed by atoms with Gasteiger partial charge in [-0.15, -0.1) is 0 Å². The normalized spacial score (nSPS) is 19.9. The van der Waals surface area contributed by atoms with E-state index < -0.39 is 6.09 Å². The Morgan fingerprint density at radius 3 is 2.67 bits per heavy atom. The number of anilines is 2. The number of amides is 1. The standard InChI is InChI=1S/C18H26N6O3/c1-18(2,3)24-15(20-14-7-8-16(25)23(4)22-14)10-13(21-24)11-5-6-12(9-11)27-17(19)26/h7-8,10-12H,5-6,9H2,1-4H3,(H2,19,26)(H,20,22). The van der Waals surface area contributed by atoms with Crippen molar-refractivity contribution in [2.45, 2.75) is 57.6 Å². The molecule has 1 aliphatic carbocycles. The summed E-state index contributed by atoms with van der Waals surface area (Å²) in [5.41, 5.74) is 5.65. The van der Waals surface area contributed by atoms with Crippen molar-refractivity contribution >= 4 is 17.7 Å². The van der Waals surface area contributed by atoms with Crippen LogP contribution < -0.4 is 16.6 Å². The predicted octanol–water partition coefficient (Wildman–Crippen LogP) is 2.21. The van der Waals surface area contributed by atoms with E-state index in [1.165, 1.54) is 10.7 Å². The summed E-state index contributed by atoms with van der Waals surface area (Å²) < 4.78 is 8.33. The maximum absolute atomic E-state index is 11.5. The third-order valence-corrected chi connectivity index (χ3v) is 4.67. The number of carbonyl (C=O) groups excluding carboxylic acids is 1. The summed E-state index contributed by atoms with van der Waals surface area (Å²) in [7, 11) is 1.61. The van der Waals surface area contributed by atoms with E-state index in [4.69, 9.17) is 15.6 Å². The van der Waals surface area contributed by atoms with Crippen molar-refractivity contribution < 1.29 is 9.53 Å². The highest BCUT2D eigenvalue weighted by Gasteiger charge is 2.31. The summed E-state index contributed by atoms with van der Waals surface area (Å²) in [6.07, 6.45) is 1.48. The Hall–Kier alpha value is -2.84. The van der Waals surface area contributed by atoms with Gasteiger partial charge in [0.15, 0.2) is 5.82 Å². The number of aromatic nitrogens is 4. The minimum Gasteiger partial charge on any atom is -0.446 e. The Kier molecular flexibility index (Phi) is 4.95. The summed E-state index contributed by atoms with van der Waals surface area (Å²) in [6.45, 7) is 6.20. The second-order valence-electron chi connectivity index (χ2n) is 7.91. The average molecular weight is 374 g/mol. The van der Waals surface area contributed by atoms with Gasteiger partial charge in [0.2, 0.25) is 0 Å². The molecule has 1 amide bonds. The van der Waals surface area contributed by atoms with Crippen molar-refractivity contribution in [2.24, 2.45) is 12.8 Å². The number of ether oxygens (including phenoxy) is 1. The molecule has 2 aromatic heterocycles. The maximum atomic E-state index is 11.5. The first-order valence-electron chi connectivity index (χ1n) is 9.01. The van der Waals surface area contributed by atoms with Gasteiger partial charge in [-0.25, -0.2) is 14.2 Å². The molecule has 3 rings (SSSR count). The first kappa shape index (κ1) is 18.9. The van der Waals surface area contributed by atoms with Gasteiger partial charge in [0.25, 0.3) is 5.56 Å². The van der Waals surface area contributed by atoms with Crippen LogP contribution in [0, 0.1) is 0 Å².